The highest BCUT2D eigenvalue weighted by atomic mass is 32.1. The minimum absolute atomic E-state index is 0.274. The minimum Gasteiger partial charge on any atom is -0.497 e. The van der Waals surface area contributed by atoms with Gasteiger partial charge in [0.05, 0.1) is 19.0 Å². The van der Waals surface area contributed by atoms with Gasteiger partial charge in [-0.2, -0.15) is 4.80 Å². The number of thiophene rings is 1. The van der Waals surface area contributed by atoms with Crippen LogP contribution in [0.3, 0.4) is 0 Å². The van der Waals surface area contributed by atoms with Crippen molar-refractivity contribution < 1.29 is 13.9 Å². The molecular formula is C25H19FN4O2S. The summed E-state index contributed by atoms with van der Waals surface area (Å²) in [4.78, 5) is 2.34. The van der Waals surface area contributed by atoms with Crippen molar-refractivity contribution in [2.75, 3.05) is 7.11 Å². The van der Waals surface area contributed by atoms with Crippen LogP contribution in [0.5, 0.6) is 17.2 Å². The number of ether oxygens (including phenoxy) is 2. The van der Waals surface area contributed by atoms with Crippen molar-refractivity contribution in [2.24, 2.45) is 7.05 Å². The third kappa shape index (κ3) is 4.47. The maximum Gasteiger partial charge on any atom is 0.197 e. The summed E-state index contributed by atoms with van der Waals surface area (Å²) in [5, 5.41) is 12.9. The van der Waals surface area contributed by atoms with E-state index in [-0.39, 0.29) is 5.82 Å². The summed E-state index contributed by atoms with van der Waals surface area (Å²) in [7, 11) is 3.37. The number of hydrogen-bond acceptors (Lipinski definition) is 6. The first-order chi connectivity index (χ1) is 16.1. The van der Waals surface area contributed by atoms with Crippen LogP contribution in [0.1, 0.15) is 11.4 Å². The van der Waals surface area contributed by atoms with Crippen LogP contribution < -0.4 is 9.47 Å². The number of methoxy groups -OCH3 is 1. The van der Waals surface area contributed by atoms with Gasteiger partial charge in [-0.3, -0.25) is 0 Å². The number of tetrazole rings is 1. The summed E-state index contributed by atoms with van der Waals surface area (Å²) in [6, 6.07) is 20.0. The standard InChI is InChI=1S/C25H19FN4O2S/c1-30-28-23(27-29-30)14-5-16-3-10-19(11-4-16)32-24-21-13-12-20(31-2)15-22(21)33-25(24)17-6-8-18(26)9-7-17/h3-15H,1-2H3. The summed E-state index contributed by atoms with van der Waals surface area (Å²) < 4.78 is 26.3. The number of hydrogen-bond donors (Lipinski definition) is 0. The maximum absolute atomic E-state index is 13.5. The van der Waals surface area contributed by atoms with Crippen LogP contribution in [-0.4, -0.2) is 27.3 Å². The third-order valence-corrected chi connectivity index (χ3v) is 6.19. The predicted molar refractivity (Wildman–Crippen MR) is 128 cm³/mol. The minimum atomic E-state index is -0.274. The lowest BCUT2D eigenvalue weighted by atomic mass is 10.1. The van der Waals surface area contributed by atoms with Crippen molar-refractivity contribution in [2.45, 2.75) is 0 Å². The summed E-state index contributed by atoms with van der Waals surface area (Å²) in [6.07, 6.45) is 3.71. The van der Waals surface area contributed by atoms with Crippen LogP contribution >= 0.6 is 11.3 Å². The SMILES string of the molecule is COc1ccc2c(Oc3ccc(C=Cc4nnn(C)n4)cc3)c(-c3ccc(F)cc3)sc2c1. The van der Waals surface area contributed by atoms with E-state index >= 15 is 0 Å². The molecule has 0 atom stereocenters. The molecule has 0 saturated heterocycles. The molecule has 0 bridgehead atoms. The Hall–Kier alpha value is -4.04. The molecule has 5 rings (SSSR count). The number of benzene rings is 3. The highest BCUT2D eigenvalue weighted by Crippen LogP contribution is 2.47. The number of aromatic nitrogens is 4. The van der Waals surface area contributed by atoms with Gasteiger partial charge < -0.3 is 9.47 Å². The number of rotatable bonds is 6. The van der Waals surface area contributed by atoms with Gasteiger partial charge in [0.1, 0.15) is 17.3 Å². The zero-order chi connectivity index (χ0) is 22.8. The van der Waals surface area contributed by atoms with Crippen LogP contribution in [0, 0.1) is 5.82 Å². The second-order valence-electron chi connectivity index (χ2n) is 7.27. The van der Waals surface area contributed by atoms with Gasteiger partial charge in [0.25, 0.3) is 0 Å². The molecular weight excluding hydrogens is 439 g/mol. The fourth-order valence-electron chi connectivity index (χ4n) is 3.37. The van der Waals surface area contributed by atoms with E-state index in [0.29, 0.717) is 11.6 Å². The molecule has 6 nitrogen and oxygen atoms in total. The molecule has 33 heavy (non-hydrogen) atoms. The summed E-state index contributed by atoms with van der Waals surface area (Å²) in [6.45, 7) is 0. The first-order valence-electron chi connectivity index (χ1n) is 10.2. The Labute approximate surface area is 193 Å². The quantitative estimate of drug-likeness (QED) is 0.303. The maximum atomic E-state index is 13.5. The van der Waals surface area contributed by atoms with E-state index in [1.165, 1.54) is 16.9 Å². The molecule has 5 aromatic rings. The fourth-order valence-corrected chi connectivity index (χ4v) is 4.54. The van der Waals surface area contributed by atoms with Crippen molar-refractivity contribution >= 4 is 33.6 Å². The Kier molecular flexibility index (Phi) is 5.58. The molecule has 0 fully saturated rings. The van der Waals surface area contributed by atoms with Crippen molar-refractivity contribution in [1.29, 1.82) is 0 Å². The van der Waals surface area contributed by atoms with Crippen molar-refractivity contribution in [3.63, 3.8) is 0 Å². The summed E-state index contributed by atoms with van der Waals surface area (Å²) in [5.74, 6) is 2.47. The average molecular weight is 459 g/mol. The fraction of sp³-hybridized carbons (Fsp3) is 0.0800. The average Bonchev–Trinajstić information content (AvgIpc) is 3.42. The zero-order valence-electron chi connectivity index (χ0n) is 17.9. The first-order valence-corrected chi connectivity index (χ1v) is 11.0. The van der Waals surface area contributed by atoms with Gasteiger partial charge >= 0.3 is 0 Å². The molecule has 0 radical (unpaired) electrons. The molecule has 3 aromatic carbocycles. The van der Waals surface area contributed by atoms with Crippen molar-refractivity contribution in [3.8, 4) is 27.7 Å². The molecule has 8 heteroatoms. The van der Waals surface area contributed by atoms with Gasteiger partial charge in [-0.1, -0.05) is 30.3 Å². The molecule has 2 aromatic heterocycles. The Morgan fingerprint density at radius 2 is 1.70 bits per heavy atom. The summed E-state index contributed by atoms with van der Waals surface area (Å²) in [5.41, 5.74) is 1.87. The molecule has 0 aliphatic heterocycles. The van der Waals surface area contributed by atoms with Gasteiger partial charge in [-0.15, -0.1) is 21.5 Å². The molecule has 0 spiro atoms. The van der Waals surface area contributed by atoms with E-state index in [0.717, 1.165) is 37.6 Å². The van der Waals surface area contributed by atoms with Crippen LogP contribution in [0.4, 0.5) is 4.39 Å². The molecule has 0 aliphatic carbocycles. The van der Waals surface area contributed by atoms with E-state index in [1.807, 2.05) is 48.5 Å². The van der Waals surface area contributed by atoms with E-state index in [1.54, 1.807) is 43.7 Å². The highest BCUT2D eigenvalue weighted by Gasteiger charge is 2.17. The van der Waals surface area contributed by atoms with Crippen LogP contribution in [0.15, 0.2) is 66.7 Å². The van der Waals surface area contributed by atoms with E-state index < -0.39 is 0 Å². The van der Waals surface area contributed by atoms with E-state index in [2.05, 4.69) is 15.4 Å². The zero-order valence-corrected chi connectivity index (χ0v) is 18.7. The number of nitrogens with zero attached hydrogens (tertiary/aromatic N) is 4. The van der Waals surface area contributed by atoms with Crippen LogP contribution in [0.2, 0.25) is 0 Å². The second kappa shape index (κ2) is 8.84. The molecule has 0 amide bonds. The summed E-state index contributed by atoms with van der Waals surface area (Å²) >= 11 is 1.58. The normalized spacial score (nSPS) is 11.4. The molecule has 0 unspecified atom stereocenters. The Morgan fingerprint density at radius 1 is 0.939 bits per heavy atom. The van der Waals surface area contributed by atoms with Gasteiger partial charge in [0.15, 0.2) is 11.6 Å². The van der Waals surface area contributed by atoms with Crippen molar-refractivity contribution in [1.82, 2.24) is 20.2 Å². The van der Waals surface area contributed by atoms with Gasteiger partial charge in [-0.05, 0) is 64.9 Å². The number of fused-ring (bicyclic) bond motifs is 1. The Bertz CT molecular complexity index is 1440. The van der Waals surface area contributed by atoms with Crippen LogP contribution in [-0.2, 0) is 7.05 Å². The van der Waals surface area contributed by atoms with Gasteiger partial charge in [0, 0.05) is 10.1 Å². The lowest BCUT2D eigenvalue weighted by Crippen LogP contribution is -1.91. The smallest absolute Gasteiger partial charge is 0.197 e. The first kappa shape index (κ1) is 20.8. The van der Waals surface area contributed by atoms with Gasteiger partial charge in [-0.25, -0.2) is 4.39 Å². The Morgan fingerprint density at radius 3 is 2.39 bits per heavy atom. The van der Waals surface area contributed by atoms with Crippen molar-refractivity contribution in [3.05, 3.63) is 83.9 Å². The third-order valence-electron chi connectivity index (χ3n) is 5.01. The largest absolute Gasteiger partial charge is 0.497 e. The second-order valence-corrected chi connectivity index (χ2v) is 8.32. The van der Waals surface area contributed by atoms with Gasteiger partial charge in [0.2, 0.25) is 0 Å². The topological polar surface area (TPSA) is 62.1 Å². The lowest BCUT2D eigenvalue weighted by Gasteiger charge is -2.09. The molecule has 0 saturated carbocycles. The number of halogens is 1. The molecule has 0 N–H and O–H groups in total. The predicted octanol–water partition coefficient (Wildman–Crippen LogP) is 6.20. The van der Waals surface area contributed by atoms with Crippen LogP contribution in [0.25, 0.3) is 32.7 Å². The molecule has 0 aliphatic rings. The molecule has 164 valence electrons. The lowest BCUT2D eigenvalue weighted by molar-refractivity contribution is 0.415. The van der Waals surface area contributed by atoms with E-state index in [4.69, 9.17) is 9.47 Å². The highest BCUT2D eigenvalue weighted by molar-refractivity contribution is 7.22. The molecule has 2 heterocycles. The Balaban J connectivity index is 1.47. The monoisotopic (exact) mass is 458 g/mol. The van der Waals surface area contributed by atoms with E-state index in [9.17, 15) is 4.39 Å². The number of aryl methyl sites for hydroxylation is 1.